The number of anilines is 1. The predicted molar refractivity (Wildman–Crippen MR) is 110 cm³/mol. The second-order valence-electron chi connectivity index (χ2n) is 5.86. The molecule has 0 amide bonds. The number of aryl methyl sites for hydroxylation is 1. The number of likely N-dealkylation sites (tertiary alicyclic amines) is 1. The first-order valence-corrected chi connectivity index (χ1v) is 9.25. The molecule has 7 heteroatoms. The Bertz CT molecular complexity index is 1370. The van der Waals surface area contributed by atoms with Crippen molar-refractivity contribution in [2.45, 2.75) is 32.3 Å². The Morgan fingerprint density at radius 2 is 2.37 bits per heavy atom. The number of nitrogens with zero attached hydrogens (tertiary/aromatic N) is 4. The van der Waals surface area contributed by atoms with E-state index < -0.39 is 44.7 Å². The molecule has 0 saturated carbocycles. The molecule has 3 aromatic rings. The molecule has 0 bridgehead atoms. The van der Waals surface area contributed by atoms with Crippen LogP contribution in [0.15, 0.2) is 30.5 Å². The van der Waals surface area contributed by atoms with E-state index in [-0.39, 0.29) is 37.5 Å². The van der Waals surface area contributed by atoms with Crippen molar-refractivity contribution in [2.24, 2.45) is 0 Å². The van der Waals surface area contributed by atoms with Gasteiger partial charge in [-0.3, -0.25) is 4.90 Å². The number of rotatable bonds is 4. The quantitative estimate of drug-likeness (QED) is 0.685. The summed E-state index contributed by atoms with van der Waals surface area (Å²) in [6.45, 7) is -4.96. The first-order chi connectivity index (χ1) is 16.6. The molecule has 0 radical (unpaired) electrons. The van der Waals surface area contributed by atoms with E-state index in [1.807, 2.05) is 6.07 Å². The standard InChI is InChI=1S/C20H20ClN5S/c1-13-2-3-14(8-15(13)10-22)11-26-6-4-16(5-7-26)25-19-17-9-18(21)27-20(17)24-12-23-19/h2-3,8-9,12,16H,4-7,11H2,1H3,(H,23,24,25)/i6D2,7D2,9D,11D,12D,16D/hD. The molecule has 1 fully saturated rings. The minimum Gasteiger partial charge on any atom is -0.367 e. The number of nitriles is 1. The molecule has 1 atom stereocenters. The number of piperidine rings is 1. The summed E-state index contributed by atoms with van der Waals surface area (Å²) in [6, 6.07) is 4.14. The third-order valence-corrected chi connectivity index (χ3v) is 5.08. The van der Waals surface area contributed by atoms with Crippen molar-refractivity contribution in [3.8, 4) is 6.07 Å². The number of benzene rings is 1. The lowest BCUT2D eigenvalue weighted by molar-refractivity contribution is 0.211. The highest BCUT2D eigenvalue weighted by atomic mass is 35.5. The maximum absolute atomic E-state index is 9.33. The number of hydrogen-bond donors (Lipinski definition) is 1. The van der Waals surface area contributed by atoms with Crippen molar-refractivity contribution < 1.29 is 12.4 Å². The smallest absolute Gasteiger partial charge is 0.162 e. The van der Waals surface area contributed by atoms with Crippen molar-refractivity contribution in [2.75, 3.05) is 18.3 Å². The Morgan fingerprint density at radius 3 is 3.15 bits per heavy atom. The van der Waals surface area contributed by atoms with E-state index in [1.165, 1.54) is 12.1 Å². The van der Waals surface area contributed by atoms with Crippen LogP contribution in [-0.4, -0.2) is 33.9 Å². The van der Waals surface area contributed by atoms with E-state index in [9.17, 15) is 5.26 Å². The summed E-state index contributed by atoms with van der Waals surface area (Å²) >= 11 is 6.95. The van der Waals surface area contributed by atoms with Crippen LogP contribution in [0.4, 0.5) is 5.82 Å². The van der Waals surface area contributed by atoms with Crippen molar-refractivity contribution in [3.63, 3.8) is 0 Å². The zero-order valence-corrected chi connectivity index (χ0v) is 15.8. The van der Waals surface area contributed by atoms with Crippen LogP contribution in [0.2, 0.25) is 5.75 Å². The van der Waals surface area contributed by atoms with Crippen LogP contribution in [0, 0.1) is 18.3 Å². The average Bonchev–Trinajstić information content (AvgIpc) is 3.03. The predicted octanol–water partition coefficient (Wildman–Crippen LogP) is 4.60. The molecule has 27 heavy (non-hydrogen) atoms. The van der Waals surface area contributed by atoms with E-state index in [0.717, 1.165) is 11.3 Å². The fraction of sp³-hybridized carbons (Fsp3) is 0.350. The van der Waals surface area contributed by atoms with Gasteiger partial charge in [-0.2, -0.15) is 5.26 Å². The zero-order chi connectivity index (χ0) is 26.8. The SMILES string of the molecule is [2H]c1nc(N([2H])C2([2H])CC([2H])([2H])N(C([2H])c3ccc(C)c(C#N)c3)C([2H])([2H])C2)c2c([2H])c(Cl)sc2n1. The van der Waals surface area contributed by atoms with Crippen LogP contribution in [0.3, 0.4) is 0 Å². The van der Waals surface area contributed by atoms with Crippen LogP contribution in [0.25, 0.3) is 10.2 Å². The van der Waals surface area contributed by atoms with Crippen molar-refractivity contribution >= 4 is 39.0 Å². The average molecular weight is 407 g/mol. The van der Waals surface area contributed by atoms with Crippen molar-refractivity contribution in [3.05, 3.63) is 51.6 Å². The van der Waals surface area contributed by atoms with Crippen LogP contribution < -0.4 is 5.31 Å². The number of hydrogen-bond acceptors (Lipinski definition) is 6. The fourth-order valence-electron chi connectivity index (χ4n) is 2.58. The highest BCUT2D eigenvalue weighted by Gasteiger charge is 2.20. The van der Waals surface area contributed by atoms with E-state index in [0.29, 0.717) is 15.8 Å². The van der Waals surface area contributed by atoms with E-state index >= 15 is 0 Å². The normalized spacial score (nSPS) is 26.6. The summed E-state index contributed by atoms with van der Waals surface area (Å²) in [6.07, 6.45) is -1.91. The molecular formula is C20H20ClN5S. The van der Waals surface area contributed by atoms with Gasteiger partial charge in [-0.05, 0) is 43.0 Å². The molecule has 1 saturated heterocycles. The third kappa shape index (κ3) is 4.06. The first-order valence-electron chi connectivity index (χ1n) is 12.6. The Morgan fingerprint density at radius 1 is 1.56 bits per heavy atom. The van der Waals surface area contributed by atoms with Gasteiger partial charge in [-0.25, -0.2) is 9.97 Å². The highest BCUT2D eigenvalue weighted by Crippen LogP contribution is 2.32. The molecule has 3 heterocycles. The second kappa shape index (κ2) is 7.81. The van der Waals surface area contributed by atoms with Gasteiger partial charge in [0.1, 0.15) is 18.3 Å². The molecule has 5 nitrogen and oxygen atoms in total. The van der Waals surface area contributed by atoms with Gasteiger partial charge in [0.25, 0.3) is 0 Å². The van der Waals surface area contributed by atoms with Crippen LogP contribution in [0.5, 0.6) is 0 Å². The highest BCUT2D eigenvalue weighted by molar-refractivity contribution is 7.22. The summed E-state index contributed by atoms with van der Waals surface area (Å²) in [7, 11) is 0. The van der Waals surface area contributed by atoms with Gasteiger partial charge in [-0.1, -0.05) is 23.7 Å². The molecule has 1 N–H and O–H groups in total. The largest absolute Gasteiger partial charge is 0.367 e. The Labute approximate surface area is 180 Å². The summed E-state index contributed by atoms with van der Waals surface area (Å²) in [4.78, 5) is 8.66. The van der Waals surface area contributed by atoms with Gasteiger partial charge >= 0.3 is 0 Å². The monoisotopic (exact) mass is 406 g/mol. The zero-order valence-electron chi connectivity index (χ0n) is 23.2. The molecule has 0 spiro atoms. The summed E-state index contributed by atoms with van der Waals surface area (Å²) < 4.78 is 76.9. The fourth-order valence-corrected chi connectivity index (χ4v) is 3.55. The summed E-state index contributed by atoms with van der Waals surface area (Å²) in [5, 5.41) is 9.86. The number of halogens is 1. The topological polar surface area (TPSA) is 64.8 Å². The number of aromatic nitrogens is 2. The molecular weight excluding hydrogens is 378 g/mol. The molecule has 1 aliphatic rings. The maximum atomic E-state index is 9.33. The third-order valence-electron chi connectivity index (χ3n) is 3.99. The van der Waals surface area contributed by atoms with E-state index in [1.54, 1.807) is 13.0 Å². The number of thiophene rings is 1. The van der Waals surface area contributed by atoms with Crippen LogP contribution in [0.1, 0.15) is 40.5 Å². The number of nitrogens with one attached hydrogen (secondary N) is 1. The first kappa shape index (κ1) is 10.4. The molecule has 138 valence electrons. The second-order valence-corrected chi connectivity index (χ2v) is 7.46. The van der Waals surface area contributed by atoms with Gasteiger partial charge in [0.2, 0.25) is 0 Å². The summed E-state index contributed by atoms with van der Waals surface area (Å²) in [5.41, 5.74) is 1.17. The maximum Gasteiger partial charge on any atom is 0.162 e. The molecule has 0 aliphatic carbocycles. The van der Waals surface area contributed by atoms with Crippen LogP contribution in [-0.2, 0) is 6.52 Å². The van der Waals surface area contributed by atoms with E-state index in [2.05, 4.69) is 9.97 Å². The minimum absolute atomic E-state index is 0.0215. The Balaban J connectivity index is 1.75. The Kier molecular flexibility index (Phi) is 3.00. The van der Waals surface area contributed by atoms with Gasteiger partial charge < -0.3 is 5.31 Å². The van der Waals surface area contributed by atoms with E-state index in [4.69, 9.17) is 24.0 Å². The lowest BCUT2D eigenvalue weighted by Gasteiger charge is -2.32. The summed E-state index contributed by atoms with van der Waals surface area (Å²) in [5.74, 6) is -0.312. The van der Waals surface area contributed by atoms with Crippen molar-refractivity contribution in [1.82, 2.24) is 14.9 Å². The van der Waals surface area contributed by atoms with Gasteiger partial charge in [0, 0.05) is 32.4 Å². The molecule has 2 aromatic heterocycles. The molecule has 4 rings (SSSR count). The van der Waals surface area contributed by atoms with Gasteiger partial charge in [-0.15, -0.1) is 11.3 Å². The number of fused-ring (bicyclic) bond motifs is 1. The van der Waals surface area contributed by atoms with Gasteiger partial charge in [0.05, 0.1) is 24.1 Å². The lowest BCUT2D eigenvalue weighted by atomic mass is 10.0. The Hall–Kier alpha value is -2.20. The van der Waals surface area contributed by atoms with Gasteiger partial charge in [0.15, 0.2) is 1.41 Å². The van der Waals surface area contributed by atoms with Crippen molar-refractivity contribution in [1.29, 1.82) is 5.26 Å². The molecule has 1 unspecified atom stereocenters. The molecule has 1 aliphatic heterocycles. The lowest BCUT2D eigenvalue weighted by Crippen LogP contribution is -2.38. The molecule has 1 aromatic carbocycles. The minimum atomic E-state index is -2.57. The van der Waals surface area contributed by atoms with Crippen LogP contribution >= 0.6 is 22.9 Å².